The van der Waals surface area contributed by atoms with E-state index in [1.54, 1.807) is 11.8 Å². The van der Waals surface area contributed by atoms with Gasteiger partial charge in [-0.2, -0.15) is 0 Å². The molecule has 1 heterocycles. The lowest BCUT2D eigenvalue weighted by atomic mass is 9.98. The minimum atomic E-state index is 0.202. The van der Waals surface area contributed by atoms with Gasteiger partial charge in [-0.3, -0.25) is 0 Å². The van der Waals surface area contributed by atoms with Crippen molar-refractivity contribution in [2.75, 3.05) is 19.5 Å². The van der Waals surface area contributed by atoms with E-state index >= 15 is 0 Å². The van der Waals surface area contributed by atoms with Crippen LogP contribution in [0.25, 0.3) is 0 Å². The summed E-state index contributed by atoms with van der Waals surface area (Å²) in [6.07, 6.45) is 4.02. The number of thioether (sulfide) groups is 1. The number of ether oxygens (including phenoxy) is 2. The van der Waals surface area contributed by atoms with Gasteiger partial charge in [-0.1, -0.05) is 13.8 Å². The molecule has 2 rings (SSSR count). The molecule has 0 spiro atoms. The smallest absolute Gasteiger partial charge is 0.162 e. The first-order valence-electron chi connectivity index (χ1n) is 6.82. The van der Waals surface area contributed by atoms with Crippen molar-refractivity contribution in [2.45, 2.75) is 37.6 Å². The van der Waals surface area contributed by atoms with Crippen LogP contribution in [0.1, 0.15) is 25.8 Å². The second kappa shape index (κ2) is 6.53. The third-order valence-corrected chi connectivity index (χ3v) is 4.02. The van der Waals surface area contributed by atoms with Gasteiger partial charge in [-0.15, -0.1) is 11.8 Å². The van der Waals surface area contributed by atoms with Crippen molar-refractivity contribution in [3.63, 3.8) is 0 Å². The van der Waals surface area contributed by atoms with Crippen LogP contribution < -0.4 is 15.2 Å². The van der Waals surface area contributed by atoms with E-state index in [-0.39, 0.29) is 6.04 Å². The number of hydrogen-bond acceptors (Lipinski definition) is 4. The van der Waals surface area contributed by atoms with Crippen LogP contribution in [0.15, 0.2) is 17.0 Å². The highest BCUT2D eigenvalue weighted by Crippen LogP contribution is 2.37. The van der Waals surface area contributed by atoms with Gasteiger partial charge in [0.25, 0.3) is 0 Å². The molecule has 1 aromatic carbocycles. The zero-order chi connectivity index (χ0) is 13.8. The maximum absolute atomic E-state index is 6.22. The first kappa shape index (κ1) is 14.5. The molecule has 19 heavy (non-hydrogen) atoms. The lowest BCUT2D eigenvalue weighted by Crippen LogP contribution is -2.25. The fourth-order valence-corrected chi connectivity index (χ4v) is 3.06. The van der Waals surface area contributed by atoms with Gasteiger partial charge in [0.1, 0.15) is 13.2 Å². The molecule has 1 aromatic rings. The average molecular weight is 281 g/mol. The topological polar surface area (TPSA) is 44.5 Å². The number of rotatable bonds is 5. The number of benzene rings is 1. The molecule has 0 bridgehead atoms. The molecular weight excluding hydrogens is 258 g/mol. The van der Waals surface area contributed by atoms with E-state index in [4.69, 9.17) is 15.2 Å². The molecule has 1 atom stereocenters. The minimum absolute atomic E-state index is 0.202. The van der Waals surface area contributed by atoms with Gasteiger partial charge in [0.15, 0.2) is 11.5 Å². The van der Waals surface area contributed by atoms with E-state index in [1.165, 1.54) is 10.5 Å². The number of hydrogen-bond donors (Lipinski definition) is 1. The van der Waals surface area contributed by atoms with E-state index in [2.05, 4.69) is 32.2 Å². The van der Waals surface area contributed by atoms with Crippen molar-refractivity contribution < 1.29 is 9.47 Å². The lowest BCUT2D eigenvalue weighted by molar-refractivity contribution is 0.171. The van der Waals surface area contributed by atoms with Crippen LogP contribution in [-0.2, 0) is 6.42 Å². The quantitative estimate of drug-likeness (QED) is 0.842. The van der Waals surface area contributed by atoms with E-state index in [0.29, 0.717) is 19.1 Å². The Morgan fingerprint density at radius 3 is 2.42 bits per heavy atom. The van der Waals surface area contributed by atoms with Crippen molar-refractivity contribution in [2.24, 2.45) is 11.7 Å². The summed E-state index contributed by atoms with van der Waals surface area (Å²) < 4.78 is 11.3. The molecular formula is C15H23NO2S. The van der Waals surface area contributed by atoms with Crippen molar-refractivity contribution in [1.82, 2.24) is 0 Å². The predicted octanol–water partition coefficient (Wildman–Crippen LogP) is 3.10. The average Bonchev–Trinajstić information content (AvgIpc) is 2.36. The SMILES string of the molecule is CSc1cc2c(cc1CC(N)CC(C)C)OCCO2. The summed E-state index contributed by atoms with van der Waals surface area (Å²) in [5.74, 6) is 2.34. The van der Waals surface area contributed by atoms with E-state index in [9.17, 15) is 0 Å². The number of nitrogens with two attached hydrogens (primary N) is 1. The molecule has 0 saturated heterocycles. The molecule has 4 heteroatoms. The highest BCUT2D eigenvalue weighted by Gasteiger charge is 2.17. The molecule has 0 radical (unpaired) electrons. The number of fused-ring (bicyclic) bond motifs is 1. The fraction of sp³-hybridized carbons (Fsp3) is 0.600. The molecule has 1 aliphatic heterocycles. The van der Waals surface area contributed by atoms with Gasteiger partial charge >= 0.3 is 0 Å². The Labute approximate surface area is 119 Å². The minimum Gasteiger partial charge on any atom is -0.486 e. The second-order valence-electron chi connectivity index (χ2n) is 5.40. The van der Waals surface area contributed by atoms with Gasteiger partial charge in [0.05, 0.1) is 0 Å². The van der Waals surface area contributed by atoms with Crippen LogP contribution in [0.5, 0.6) is 11.5 Å². The standard InChI is InChI=1S/C15H23NO2S/c1-10(2)6-12(16)7-11-8-13-14(9-15(11)19-3)18-5-4-17-13/h8-10,12H,4-7,16H2,1-3H3. The molecule has 1 unspecified atom stereocenters. The van der Waals surface area contributed by atoms with E-state index in [0.717, 1.165) is 24.3 Å². The summed E-state index contributed by atoms with van der Waals surface area (Å²) in [5, 5.41) is 0. The Morgan fingerprint density at radius 2 is 1.84 bits per heavy atom. The summed E-state index contributed by atoms with van der Waals surface area (Å²) in [7, 11) is 0. The highest BCUT2D eigenvalue weighted by atomic mass is 32.2. The molecule has 0 aliphatic carbocycles. The Kier molecular flexibility index (Phi) is 4.99. The lowest BCUT2D eigenvalue weighted by Gasteiger charge is -2.22. The van der Waals surface area contributed by atoms with Crippen LogP contribution in [0.4, 0.5) is 0 Å². The third kappa shape index (κ3) is 3.80. The third-order valence-electron chi connectivity index (χ3n) is 3.20. The van der Waals surface area contributed by atoms with Crippen LogP contribution in [0.2, 0.25) is 0 Å². The maximum Gasteiger partial charge on any atom is 0.162 e. The van der Waals surface area contributed by atoms with Crippen LogP contribution in [0.3, 0.4) is 0 Å². The maximum atomic E-state index is 6.22. The first-order valence-corrected chi connectivity index (χ1v) is 8.04. The summed E-state index contributed by atoms with van der Waals surface area (Å²) in [6, 6.07) is 4.38. The Morgan fingerprint density at radius 1 is 1.21 bits per heavy atom. The van der Waals surface area contributed by atoms with Gasteiger partial charge in [0, 0.05) is 10.9 Å². The largest absolute Gasteiger partial charge is 0.486 e. The fourth-order valence-electron chi connectivity index (χ4n) is 2.43. The van der Waals surface area contributed by atoms with E-state index in [1.807, 2.05) is 0 Å². The summed E-state index contributed by atoms with van der Waals surface area (Å²) in [6.45, 7) is 5.68. The van der Waals surface area contributed by atoms with Crippen molar-refractivity contribution in [1.29, 1.82) is 0 Å². The van der Waals surface area contributed by atoms with Gasteiger partial charge < -0.3 is 15.2 Å². The molecule has 2 N–H and O–H groups in total. The normalized spacial score (nSPS) is 15.6. The summed E-state index contributed by atoms with van der Waals surface area (Å²) in [5.41, 5.74) is 7.49. The molecule has 0 amide bonds. The molecule has 0 saturated carbocycles. The van der Waals surface area contributed by atoms with Crippen LogP contribution in [0, 0.1) is 5.92 Å². The van der Waals surface area contributed by atoms with Crippen LogP contribution in [-0.4, -0.2) is 25.5 Å². The van der Waals surface area contributed by atoms with Gasteiger partial charge in [0.2, 0.25) is 0 Å². The molecule has 1 aliphatic rings. The van der Waals surface area contributed by atoms with Crippen molar-refractivity contribution >= 4 is 11.8 Å². The Bertz CT molecular complexity index is 434. The highest BCUT2D eigenvalue weighted by molar-refractivity contribution is 7.98. The molecule has 3 nitrogen and oxygen atoms in total. The van der Waals surface area contributed by atoms with Gasteiger partial charge in [-0.25, -0.2) is 0 Å². The monoisotopic (exact) mass is 281 g/mol. The zero-order valence-electron chi connectivity index (χ0n) is 11.9. The predicted molar refractivity (Wildman–Crippen MR) is 80.3 cm³/mol. The first-order chi connectivity index (χ1) is 9.10. The molecule has 106 valence electrons. The summed E-state index contributed by atoms with van der Waals surface area (Å²) in [4.78, 5) is 1.24. The van der Waals surface area contributed by atoms with E-state index < -0.39 is 0 Å². The zero-order valence-corrected chi connectivity index (χ0v) is 12.8. The molecule has 0 aromatic heterocycles. The van der Waals surface area contributed by atoms with Crippen molar-refractivity contribution in [3.8, 4) is 11.5 Å². The van der Waals surface area contributed by atoms with Crippen molar-refractivity contribution in [3.05, 3.63) is 17.7 Å². The van der Waals surface area contributed by atoms with Gasteiger partial charge in [-0.05, 0) is 42.7 Å². The van der Waals surface area contributed by atoms with Crippen LogP contribution >= 0.6 is 11.8 Å². The second-order valence-corrected chi connectivity index (χ2v) is 6.25. The Balaban J connectivity index is 2.18. The Hall–Kier alpha value is -0.870. The molecule has 0 fully saturated rings. The summed E-state index contributed by atoms with van der Waals surface area (Å²) >= 11 is 1.74.